The second-order valence-electron chi connectivity index (χ2n) is 8.60. The number of benzene rings is 1. The van der Waals surface area contributed by atoms with Gasteiger partial charge in [0, 0.05) is 23.2 Å². The van der Waals surface area contributed by atoms with Crippen LogP contribution in [0, 0.1) is 11.9 Å². The Bertz CT molecular complexity index is 995. The van der Waals surface area contributed by atoms with Gasteiger partial charge in [0.05, 0.1) is 12.2 Å². The zero-order valence-electron chi connectivity index (χ0n) is 17.2. The molecule has 2 unspecified atom stereocenters. The van der Waals surface area contributed by atoms with Crippen molar-refractivity contribution in [2.45, 2.75) is 57.0 Å². The number of pyridine rings is 1. The van der Waals surface area contributed by atoms with E-state index in [-0.39, 0.29) is 30.3 Å². The molecule has 5 rings (SSSR count). The lowest BCUT2D eigenvalue weighted by Gasteiger charge is -2.48. The average Bonchev–Trinajstić information content (AvgIpc) is 3.11. The second-order valence-corrected chi connectivity index (χ2v) is 8.60. The molecule has 2 aliphatic heterocycles. The Morgan fingerprint density at radius 3 is 2.87 bits per heavy atom. The predicted molar refractivity (Wildman–Crippen MR) is 111 cm³/mol. The van der Waals surface area contributed by atoms with Gasteiger partial charge in [-0.1, -0.05) is 6.07 Å². The molecule has 0 radical (unpaired) electrons. The van der Waals surface area contributed by atoms with Gasteiger partial charge in [0.2, 0.25) is 5.95 Å². The number of hydrogen-bond donors (Lipinski definition) is 1. The topological polar surface area (TPSA) is 79.0 Å². The molecule has 6 nitrogen and oxygen atoms in total. The Morgan fingerprint density at radius 2 is 2.13 bits per heavy atom. The van der Waals surface area contributed by atoms with Gasteiger partial charge in [0.1, 0.15) is 24.0 Å². The molecule has 0 saturated heterocycles. The number of ether oxygens (including phenoxy) is 3. The lowest BCUT2D eigenvalue weighted by Crippen LogP contribution is -2.52. The summed E-state index contributed by atoms with van der Waals surface area (Å²) in [5.41, 5.74) is 7.39. The number of halogens is 1. The van der Waals surface area contributed by atoms with Gasteiger partial charge in [-0.3, -0.25) is 0 Å². The van der Waals surface area contributed by atoms with E-state index in [2.05, 4.69) is 18.8 Å². The number of hydrogen-bond acceptors (Lipinski definition) is 6. The van der Waals surface area contributed by atoms with E-state index in [1.54, 1.807) is 12.1 Å². The number of amidine groups is 1. The Morgan fingerprint density at radius 1 is 1.27 bits per heavy atom. The minimum absolute atomic E-state index is 0.0174. The van der Waals surface area contributed by atoms with Crippen molar-refractivity contribution in [3.05, 3.63) is 48.0 Å². The summed E-state index contributed by atoms with van der Waals surface area (Å²) in [6.45, 7) is 4.46. The van der Waals surface area contributed by atoms with Crippen molar-refractivity contribution >= 4 is 6.02 Å². The molecule has 30 heavy (non-hydrogen) atoms. The third-order valence-electron chi connectivity index (χ3n) is 6.36. The third-order valence-corrected chi connectivity index (χ3v) is 6.36. The summed E-state index contributed by atoms with van der Waals surface area (Å²) in [6, 6.07) is 9.35. The first kappa shape index (κ1) is 19.3. The van der Waals surface area contributed by atoms with E-state index in [1.165, 1.54) is 6.20 Å². The third kappa shape index (κ3) is 3.12. The fourth-order valence-electron chi connectivity index (χ4n) is 5.13. The van der Waals surface area contributed by atoms with Crippen molar-refractivity contribution in [2.24, 2.45) is 16.6 Å². The van der Waals surface area contributed by atoms with Gasteiger partial charge in [-0.05, 0) is 62.9 Å². The maximum absolute atomic E-state index is 14.3. The van der Waals surface area contributed by atoms with Gasteiger partial charge in [0.15, 0.2) is 0 Å². The van der Waals surface area contributed by atoms with E-state index >= 15 is 0 Å². The quantitative estimate of drug-likeness (QED) is 0.778. The van der Waals surface area contributed by atoms with Crippen molar-refractivity contribution in [3.63, 3.8) is 0 Å². The molecule has 4 atom stereocenters. The first-order chi connectivity index (χ1) is 14.5. The summed E-state index contributed by atoms with van der Waals surface area (Å²) in [4.78, 5) is 8.59. The number of nitrogens with two attached hydrogens (primary N) is 1. The molecular formula is C23H26FN3O3. The van der Waals surface area contributed by atoms with Crippen LogP contribution in [-0.4, -0.2) is 35.9 Å². The van der Waals surface area contributed by atoms with E-state index in [4.69, 9.17) is 24.9 Å². The first-order valence-electron chi connectivity index (χ1n) is 10.5. The lowest BCUT2D eigenvalue weighted by molar-refractivity contribution is -0.0791. The summed E-state index contributed by atoms with van der Waals surface area (Å²) in [7, 11) is 0. The Kier molecular flexibility index (Phi) is 4.65. The van der Waals surface area contributed by atoms with Gasteiger partial charge in [-0.15, -0.1) is 0 Å². The van der Waals surface area contributed by atoms with Crippen LogP contribution in [0.2, 0.25) is 0 Å². The summed E-state index contributed by atoms with van der Waals surface area (Å²) in [6.07, 6.45) is 4.41. The highest BCUT2D eigenvalue weighted by Crippen LogP contribution is 2.53. The molecule has 1 fully saturated rings. The van der Waals surface area contributed by atoms with E-state index in [0.717, 1.165) is 36.1 Å². The number of fused-ring (bicyclic) bond motifs is 4. The minimum Gasteiger partial charge on any atom is -0.490 e. The van der Waals surface area contributed by atoms with Crippen molar-refractivity contribution in [1.82, 2.24) is 4.98 Å². The maximum Gasteiger partial charge on any atom is 0.283 e. The van der Waals surface area contributed by atoms with Crippen LogP contribution in [0.3, 0.4) is 0 Å². The number of aliphatic imine (C=N–C) groups is 1. The van der Waals surface area contributed by atoms with Gasteiger partial charge in [-0.2, -0.15) is 4.39 Å². The minimum atomic E-state index is -0.657. The van der Waals surface area contributed by atoms with E-state index < -0.39 is 11.5 Å². The van der Waals surface area contributed by atoms with Gasteiger partial charge in [-0.25, -0.2) is 9.98 Å². The van der Waals surface area contributed by atoms with Crippen molar-refractivity contribution in [3.8, 4) is 16.9 Å². The van der Waals surface area contributed by atoms with E-state index in [0.29, 0.717) is 12.2 Å². The zero-order valence-corrected chi connectivity index (χ0v) is 17.2. The highest BCUT2D eigenvalue weighted by molar-refractivity contribution is 5.75. The van der Waals surface area contributed by atoms with Crippen LogP contribution in [0.5, 0.6) is 5.75 Å². The largest absolute Gasteiger partial charge is 0.490 e. The molecule has 2 aromatic rings. The number of rotatable bonds is 3. The molecule has 7 heteroatoms. The summed E-state index contributed by atoms with van der Waals surface area (Å²) in [5.74, 6) is 0.321. The van der Waals surface area contributed by atoms with Crippen LogP contribution >= 0.6 is 0 Å². The van der Waals surface area contributed by atoms with Crippen molar-refractivity contribution < 1.29 is 18.6 Å². The van der Waals surface area contributed by atoms with Crippen LogP contribution < -0.4 is 10.5 Å². The molecule has 3 aliphatic rings. The highest BCUT2D eigenvalue weighted by Gasteiger charge is 2.55. The standard InChI is InChI=1S/C23H26FN3O3/c1-13(2)29-15-6-8-20-18(11-15)23(12-28-22(25)27-23)17-10-14(5-7-19(17)30-20)16-4-3-9-26-21(16)24/h3-5,7,9-10,13,15,18,20H,6,8,11-12H2,1-2H3,(H2,25,27)/t15?,18-,20?,23+/m0/s1. The van der Waals surface area contributed by atoms with Gasteiger partial charge >= 0.3 is 0 Å². The molecule has 3 heterocycles. The molecule has 1 aromatic heterocycles. The van der Waals surface area contributed by atoms with Crippen LogP contribution in [-0.2, 0) is 15.0 Å². The molecular weight excluding hydrogens is 385 g/mol. The molecule has 0 amide bonds. The fourth-order valence-corrected chi connectivity index (χ4v) is 5.13. The van der Waals surface area contributed by atoms with Gasteiger partial charge < -0.3 is 19.9 Å². The van der Waals surface area contributed by atoms with Crippen molar-refractivity contribution in [1.29, 1.82) is 0 Å². The molecule has 158 valence electrons. The van der Waals surface area contributed by atoms with Crippen LogP contribution in [0.15, 0.2) is 41.5 Å². The summed E-state index contributed by atoms with van der Waals surface area (Å²) < 4.78 is 32.6. The molecule has 2 N–H and O–H groups in total. The zero-order chi connectivity index (χ0) is 20.9. The van der Waals surface area contributed by atoms with Crippen LogP contribution in [0.1, 0.15) is 38.7 Å². The monoisotopic (exact) mass is 411 g/mol. The molecule has 1 saturated carbocycles. The van der Waals surface area contributed by atoms with Gasteiger partial charge in [0.25, 0.3) is 6.02 Å². The lowest BCUT2D eigenvalue weighted by atomic mass is 9.67. The summed E-state index contributed by atoms with van der Waals surface area (Å²) >= 11 is 0. The van der Waals surface area contributed by atoms with Crippen LogP contribution in [0.4, 0.5) is 4.39 Å². The Balaban J connectivity index is 1.60. The molecule has 1 aromatic carbocycles. The van der Waals surface area contributed by atoms with E-state index in [9.17, 15) is 4.39 Å². The fraction of sp³-hybridized carbons (Fsp3) is 0.478. The predicted octanol–water partition coefficient (Wildman–Crippen LogP) is 3.78. The number of aromatic nitrogens is 1. The SMILES string of the molecule is CC(C)OC1CCC2Oc3ccc(-c4cccnc4F)cc3[C@]3(COC(N)=N3)[C@H]2C1. The maximum atomic E-state index is 14.3. The number of nitrogens with zero attached hydrogens (tertiary/aromatic N) is 2. The summed E-state index contributed by atoms with van der Waals surface area (Å²) in [5, 5.41) is 0. The van der Waals surface area contributed by atoms with Crippen molar-refractivity contribution in [2.75, 3.05) is 6.61 Å². The Labute approximate surface area is 175 Å². The smallest absolute Gasteiger partial charge is 0.283 e. The Hall–Kier alpha value is -2.67. The average molecular weight is 411 g/mol. The normalized spacial score (nSPS) is 29.7. The highest BCUT2D eigenvalue weighted by atomic mass is 19.1. The molecule has 1 aliphatic carbocycles. The second kappa shape index (κ2) is 7.23. The molecule has 1 spiro atoms. The van der Waals surface area contributed by atoms with E-state index in [1.807, 2.05) is 18.2 Å². The van der Waals surface area contributed by atoms with Crippen LogP contribution in [0.25, 0.3) is 11.1 Å². The first-order valence-corrected chi connectivity index (χ1v) is 10.5. The molecule has 0 bridgehead atoms.